The van der Waals surface area contributed by atoms with Crippen LogP contribution in [-0.2, 0) is 13.0 Å². The first-order valence-corrected chi connectivity index (χ1v) is 7.16. The predicted octanol–water partition coefficient (Wildman–Crippen LogP) is 3.46. The van der Waals surface area contributed by atoms with Crippen LogP contribution in [-0.4, -0.2) is 15.6 Å². The van der Waals surface area contributed by atoms with Crippen LogP contribution >= 0.6 is 33.9 Å². The molecule has 1 N–H and O–H groups in total. The first kappa shape index (κ1) is 12.6. The highest BCUT2D eigenvalue weighted by molar-refractivity contribution is 14.1. The lowest BCUT2D eigenvalue weighted by Crippen LogP contribution is -2.07. The van der Waals surface area contributed by atoms with Crippen molar-refractivity contribution >= 4 is 39.9 Å². The Morgan fingerprint density at radius 3 is 2.76 bits per heavy atom. The monoisotopic (exact) mass is 361 g/mol. The van der Waals surface area contributed by atoms with Crippen molar-refractivity contribution in [1.29, 1.82) is 0 Å². The molecule has 3 nitrogen and oxygen atoms in total. The zero-order chi connectivity index (χ0) is 12.4. The molecule has 2 rings (SSSR count). The Kier molecular flexibility index (Phi) is 3.88. The number of hydrogen-bond donors (Lipinski definition) is 1. The van der Waals surface area contributed by atoms with Crippen LogP contribution in [0.25, 0.3) is 0 Å². The van der Waals surface area contributed by atoms with Crippen molar-refractivity contribution in [3.8, 4) is 0 Å². The van der Waals surface area contributed by atoms with Gasteiger partial charge in [0.2, 0.25) is 0 Å². The summed E-state index contributed by atoms with van der Waals surface area (Å²) in [6.45, 7) is 2.76. The molecule has 0 bridgehead atoms. The molecule has 2 heterocycles. The van der Waals surface area contributed by atoms with E-state index in [1.165, 1.54) is 9.75 Å². The maximum Gasteiger partial charge on any atom is 0.352 e. The van der Waals surface area contributed by atoms with Gasteiger partial charge >= 0.3 is 5.97 Å². The smallest absolute Gasteiger partial charge is 0.352 e. The second-order valence-corrected chi connectivity index (χ2v) is 6.20. The number of aromatic nitrogens is 1. The summed E-state index contributed by atoms with van der Waals surface area (Å²) in [6.07, 6.45) is 2.90. The third kappa shape index (κ3) is 2.90. The fourth-order valence-electron chi connectivity index (χ4n) is 1.65. The third-order valence-corrected chi connectivity index (χ3v) is 4.28. The molecule has 0 amide bonds. The van der Waals surface area contributed by atoms with Crippen molar-refractivity contribution in [3.05, 3.63) is 43.4 Å². The first-order valence-electron chi connectivity index (χ1n) is 5.26. The molecule has 0 aromatic carbocycles. The number of halogens is 1. The van der Waals surface area contributed by atoms with Crippen LogP contribution in [0.3, 0.4) is 0 Å². The third-order valence-electron chi connectivity index (χ3n) is 2.47. The maximum atomic E-state index is 11.1. The Morgan fingerprint density at radius 1 is 1.47 bits per heavy atom. The van der Waals surface area contributed by atoms with Gasteiger partial charge in [-0.05, 0) is 47.2 Å². The van der Waals surface area contributed by atoms with Crippen LogP contribution in [0.2, 0.25) is 0 Å². The second-order valence-electron chi connectivity index (χ2n) is 3.70. The Labute approximate surface area is 117 Å². The first-order chi connectivity index (χ1) is 8.10. The molecular formula is C12H12INO2S. The molecule has 0 unspecified atom stereocenters. The van der Waals surface area contributed by atoms with Gasteiger partial charge in [-0.15, -0.1) is 11.3 Å². The fraction of sp³-hybridized carbons (Fsp3) is 0.250. The predicted molar refractivity (Wildman–Crippen MR) is 76.9 cm³/mol. The normalized spacial score (nSPS) is 10.7. The fourth-order valence-corrected chi connectivity index (χ4v) is 3.24. The van der Waals surface area contributed by atoms with Gasteiger partial charge in [-0.25, -0.2) is 4.79 Å². The van der Waals surface area contributed by atoms with Crippen molar-refractivity contribution in [2.24, 2.45) is 0 Å². The molecule has 0 saturated carbocycles. The molecule has 90 valence electrons. The van der Waals surface area contributed by atoms with Crippen LogP contribution in [0, 0.1) is 3.57 Å². The quantitative estimate of drug-likeness (QED) is 0.848. The minimum absolute atomic E-state index is 0.348. The number of nitrogens with zero attached hydrogens (tertiary/aromatic N) is 1. The van der Waals surface area contributed by atoms with Gasteiger partial charge in [0, 0.05) is 19.5 Å². The van der Waals surface area contributed by atoms with E-state index in [9.17, 15) is 4.79 Å². The largest absolute Gasteiger partial charge is 0.477 e. The molecule has 2 aromatic rings. The number of aromatic carboxylic acids is 1. The maximum absolute atomic E-state index is 11.1. The summed E-state index contributed by atoms with van der Waals surface area (Å²) in [6, 6.07) is 5.87. The molecule has 5 heteroatoms. The summed E-state index contributed by atoms with van der Waals surface area (Å²) < 4.78 is 2.74. The molecule has 0 aliphatic heterocycles. The SMILES string of the molecule is CCc1ccc(Cn2cc(I)cc2C(=O)O)s1. The average Bonchev–Trinajstić information content (AvgIpc) is 2.85. The van der Waals surface area contributed by atoms with Gasteiger partial charge in [-0.1, -0.05) is 6.92 Å². The van der Waals surface area contributed by atoms with Crippen molar-refractivity contribution < 1.29 is 9.90 Å². The van der Waals surface area contributed by atoms with Gasteiger partial charge in [0.1, 0.15) is 5.69 Å². The number of thiophene rings is 1. The van der Waals surface area contributed by atoms with Crippen LogP contribution in [0.4, 0.5) is 0 Å². The number of rotatable bonds is 4. The van der Waals surface area contributed by atoms with E-state index < -0.39 is 5.97 Å². The summed E-state index contributed by atoms with van der Waals surface area (Å²) in [7, 11) is 0. The van der Waals surface area contributed by atoms with Crippen molar-refractivity contribution in [3.63, 3.8) is 0 Å². The van der Waals surface area contributed by atoms with Crippen LogP contribution < -0.4 is 0 Å². The zero-order valence-corrected chi connectivity index (χ0v) is 12.3. The topological polar surface area (TPSA) is 42.2 Å². The Morgan fingerprint density at radius 2 is 2.18 bits per heavy atom. The number of carbonyl (C=O) groups is 1. The van der Waals surface area contributed by atoms with Gasteiger partial charge in [0.05, 0.1) is 6.54 Å². The second kappa shape index (κ2) is 5.22. The molecule has 0 atom stereocenters. The highest BCUT2D eigenvalue weighted by atomic mass is 127. The average molecular weight is 361 g/mol. The number of carboxylic acid groups (broad SMARTS) is 1. The molecule has 2 aromatic heterocycles. The van der Waals surface area contributed by atoms with Crippen molar-refractivity contribution in [2.45, 2.75) is 19.9 Å². The highest BCUT2D eigenvalue weighted by Gasteiger charge is 2.12. The van der Waals surface area contributed by atoms with E-state index in [-0.39, 0.29) is 0 Å². The lowest BCUT2D eigenvalue weighted by molar-refractivity contribution is 0.0686. The van der Waals surface area contributed by atoms with Crippen molar-refractivity contribution in [2.75, 3.05) is 0 Å². The van der Waals surface area contributed by atoms with E-state index in [0.29, 0.717) is 12.2 Å². The lowest BCUT2D eigenvalue weighted by atomic mass is 10.3. The Bertz CT molecular complexity index is 544. The Hall–Kier alpha value is -0.820. The van der Waals surface area contributed by atoms with Crippen LogP contribution in [0.15, 0.2) is 24.4 Å². The lowest BCUT2D eigenvalue weighted by Gasteiger charge is -2.03. The van der Waals surface area contributed by atoms with Gasteiger partial charge in [-0.3, -0.25) is 0 Å². The van der Waals surface area contributed by atoms with Gasteiger partial charge in [0.25, 0.3) is 0 Å². The van der Waals surface area contributed by atoms with E-state index >= 15 is 0 Å². The van der Waals surface area contributed by atoms with E-state index in [2.05, 4.69) is 41.6 Å². The summed E-state index contributed by atoms with van der Waals surface area (Å²) in [5.74, 6) is -0.875. The summed E-state index contributed by atoms with van der Waals surface area (Å²) >= 11 is 3.88. The summed E-state index contributed by atoms with van der Waals surface area (Å²) in [4.78, 5) is 13.6. The minimum atomic E-state index is -0.875. The van der Waals surface area contributed by atoms with Gasteiger partial charge < -0.3 is 9.67 Å². The molecule has 0 aliphatic rings. The highest BCUT2D eigenvalue weighted by Crippen LogP contribution is 2.20. The van der Waals surface area contributed by atoms with Gasteiger partial charge in [0.15, 0.2) is 0 Å². The van der Waals surface area contributed by atoms with E-state index in [4.69, 9.17) is 5.11 Å². The minimum Gasteiger partial charge on any atom is -0.477 e. The molecule has 0 aliphatic carbocycles. The van der Waals surface area contributed by atoms with Gasteiger partial charge in [-0.2, -0.15) is 0 Å². The van der Waals surface area contributed by atoms with Crippen LogP contribution in [0.5, 0.6) is 0 Å². The van der Waals surface area contributed by atoms with E-state index in [1.807, 2.05) is 6.20 Å². The zero-order valence-electron chi connectivity index (χ0n) is 9.31. The number of aryl methyl sites for hydroxylation is 1. The molecular weight excluding hydrogens is 349 g/mol. The Balaban J connectivity index is 2.26. The standard InChI is InChI=1S/C12H12INO2S/c1-2-9-3-4-10(17-9)7-14-6-8(13)5-11(14)12(15)16/h3-6H,2,7H2,1H3,(H,15,16). The number of carboxylic acids is 1. The molecule has 17 heavy (non-hydrogen) atoms. The summed E-state index contributed by atoms with van der Waals surface area (Å²) in [5, 5.41) is 9.09. The summed E-state index contributed by atoms with van der Waals surface area (Å²) in [5.41, 5.74) is 0.348. The van der Waals surface area contributed by atoms with Crippen LogP contribution in [0.1, 0.15) is 27.2 Å². The van der Waals surface area contributed by atoms with E-state index in [1.54, 1.807) is 22.0 Å². The van der Waals surface area contributed by atoms with E-state index in [0.717, 1.165) is 9.99 Å². The molecule has 0 fully saturated rings. The molecule has 0 spiro atoms. The van der Waals surface area contributed by atoms with Crippen molar-refractivity contribution in [1.82, 2.24) is 4.57 Å². The molecule has 0 radical (unpaired) electrons. The number of hydrogen-bond acceptors (Lipinski definition) is 2. The molecule has 0 saturated heterocycles.